The molecule has 2 aliphatic carbocycles. The molecule has 16 heavy (non-hydrogen) atoms. The van der Waals surface area contributed by atoms with Crippen LogP contribution in [0.25, 0.3) is 0 Å². The number of fused-ring (bicyclic) bond motifs is 2. The van der Waals surface area contributed by atoms with Gasteiger partial charge in [-0.1, -0.05) is 17.3 Å². The first kappa shape index (κ1) is 10.0. The molecule has 0 aliphatic heterocycles. The number of nitrogens with zero attached hydrogens (tertiary/aromatic N) is 2. The van der Waals surface area contributed by atoms with Crippen molar-refractivity contribution in [2.24, 2.45) is 17.8 Å². The Hall–Kier alpha value is -1.16. The molecule has 86 valence electrons. The molecule has 0 spiro atoms. The van der Waals surface area contributed by atoms with E-state index in [0.29, 0.717) is 5.89 Å². The predicted molar refractivity (Wildman–Crippen MR) is 59.6 cm³/mol. The third kappa shape index (κ3) is 1.89. The van der Waals surface area contributed by atoms with Gasteiger partial charge in [-0.25, -0.2) is 0 Å². The molecule has 1 fully saturated rings. The maximum absolute atomic E-state index is 4.92. The molecule has 1 N–H and O–H groups in total. The van der Waals surface area contributed by atoms with Gasteiger partial charge >= 0.3 is 0 Å². The fourth-order valence-corrected chi connectivity index (χ4v) is 2.91. The number of hydrogen-bond acceptors (Lipinski definition) is 4. The van der Waals surface area contributed by atoms with Gasteiger partial charge in [-0.2, -0.15) is 4.98 Å². The molecule has 0 saturated heterocycles. The van der Waals surface area contributed by atoms with E-state index < -0.39 is 0 Å². The molecule has 1 aromatic heterocycles. The molecule has 3 rings (SSSR count). The summed E-state index contributed by atoms with van der Waals surface area (Å²) in [6, 6.07) is 0. The Kier molecular flexibility index (Phi) is 2.52. The van der Waals surface area contributed by atoms with E-state index in [2.05, 4.69) is 27.6 Å². The third-order valence-electron chi connectivity index (χ3n) is 3.68. The summed E-state index contributed by atoms with van der Waals surface area (Å²) in [5.41, 5.74) is 0. The van der Waals surface area contributed by atoms with Crippen LogP contribution in [0.3, 0.4) is 0 Å². The second-order valence-corrected chi connectivity index (χ2v) is 4.90. The standard InChI is InChI=1S/C12H17N3O/c1-8-14-12(15-16-8)7-13-6-11-5-9-2-3-10(11)4-9/h2-3,9-11,13H,4-7H2,1H3. The minimum absolute atomic E-state index is 0.639. The van der Waals surface area contributed by atoms with Crippen molar-refractivity contribution >= 4 is 0 Å². The number of allylic oxidation sites excluding steroid dienone is 2. The number of hydrogen-bond donors (Lipinski definition) is 1. The largest absolute Gasteiger partial charge is 0.340 e. The van der Waals surface area contributed by atoms with Crippen LogP contribution >= 0.6 is 0 Å². The summed E-state index contributed by atoms with van der Waals surface area (Å²) in [7, 11) is 0. The maximum atomic E-state index is 4.92. The molecule has 1 heterocycles. The Labute approximate surface area is 95.1 Å². The Morgan fingerprint density at radius 3 is 3.00 bits per heavy atom. The zero-order chi connectivity index (χ0) is 11.0. The van der Waals surface area contributed by atoms with Gasteiger partial charge in [-0.15, -0.1) is 0 Å². The smallest absolute Gasteiger partial charge is 0.223 e. The lowest BCUT2D eigenvalue weighted by atomic mass is 9.94. The monoisotopic (exact) mass is 219 g/mol. The maximum Gasteiger partial charge on any atom is 0.223 e. The van der Waals surface area contributed by atoms with E-state index >= 15 is 0 Å². The van der Waals surface area contributed by atoms with Gasteiger partial charge < -0.3 is 9.84 Å². The number of rotatable bonds is 4. The third-order valence-corrected chi connectivity index (χ3v) is 3.68. The molecule has 0 radical (unpaired) electrons. The van der Waals surface area contributed by atoms with Crippen molar-refractivity contribution in [3.8, 4) is 0 Å². The van der Waals surface area contributed by atoms with Crippen molar-refractivity contribution in [3.63, 3.8) is 0 Å². The first-order valence-electron chi connectivity index (χ1n) is 5.99. The summed E-state index contributed by atoms with van der Waals surface area (Å²) in [5, 5.41) is 7.29. The summed E-state index contributed by atoms with van der Waals surface area (Å²) < 4.78 is 4.92. The van der Waals surface area contributed by atoms with E-state index in [-0.39, 0.29) is 0 Å². The molecule has 1 aromatic rings. The predicted octanol–water partition coefficient (Wildman–Crippen LogP) is 1.68. The van der Waals surface area contributed by atoms with Gasteiger partial charge in [-0.3, -0.25) is 0 Å². The van der Waals surface area contributed by atoms with E-state index in [9.17, 15) is 0 Å². The first-order valence-corrected chi connectivity index (χ1v) is 5.99. The van der Waals surface area contributed by atoms with Crippen LogP contribution in [0.1, 0.15) is 24.6 Å². The summed E-state index contributed by atoms with van der Waals surface area (Å²) in [5.74, 6) is 3.87. The Morgan fingerprint density at radius 1 is 1.44 bits per heavy atom. The van der Waals surface area contributed by atoms with E-state index in [1.54, 1.807) is 0 Å². The summed E-state index contributed by atoms with van der Waals surface area (Å²) >= 11 is 0. The molecule has 1 saturated carbocycles. The van der Waals surface area contributed by atoms with Crippen LogP contribution in [0.15, 0.2) is 16.7 Å². The molecule has 3 atom stereocenters. The van der Waals surface area contributed by atoms with E-state index in [0.717, 1.165) is 36.7 Å². The Morgan fingerprint density at radius 2 is 2.38 bits per heavy atom. The molecule has 2 bridgehead atoms. The number of nitrogens with one attached hydrogen (secondary N) is 1. The van der Waals surface area contributed by atoms with Crippen LogP contribution in [0.5, 0.6) is 0 Å². The van der Waals surface area contributed by atoms with Crippen LogP contribution in [0, 0.1) is 24.7 Å². The van der Waals surface area contributed by atoms with Crippen LogP contribution in [-0.2, 0) is 6.54 Å². The lowest BCUT2D eigenvalue weighted by molar-refractivity contribution is 0.379. The minimum Gasteiger partial charge on any atom is -0.340 e. The molecular formula is C12H17N3O. The van der Waals surface area contributed by atoms with Crippen LogP contribution in [0.2, 0.25) is 0 Å². The fourth-order valence-electron chi connectivity index (χ4n) is 2.91. The topological polar surface area (TPSA) is 51.0 Å². The highest BCUT2D eigenvalue weighted by atomic mass is 16.5. The van der Waals surface area contributed by atoms with Gasteiger partial charge in [0.1, 0.15) is 0 Å². The van der Waals surface area contributed by atoms with Gasteiger partial charge in [0, 0.05) is 6.92 Å². The van der Waals surface area contributed by atoms with Crippen molar-refractivity contribution in [2.45, 2.75) is 26.3 Å². The van der Waals surface area contributed by atoms with Gasteiger partial charge in [0.25, 0.3) is 0 Å². The highest BCUT2D eigenvalue weighted by Gasteiger charge is 2.34. The average Bonchev–Trinajstić information content (AvgIpc) is 2.94. The lowest BCUT2D eigenvalue weighted by Gasteiger charge is -2.17. The highest BCUT2D eigenvalue weighted by Crippen LogP contribution is 2.42. The first-order chi connectivity index (χ1) is 7.81. The molecular weight excluding hydrogens is 202 g/mol. The zero-order valence-corrected chi connectivity index (χ0v) is 9.52. The van der Waals surface area contributed by atoms with Gasteiger partial charge in [0.05, 0.1) is 6.54 Å². The van der Waals surface area contributed by atoms with Crippen LogP contribution in [0.4, 0.5) is 0 Å². The summed E-state index contributed by atoms with van der Waals surface area (Å²) in [4.78, 5) is 4.17. The highest BCUT2D eigenvalue weighted by molar-refractivity contribution is 5.10. The van der Waals surface area contributed by atoms with Gasteiger partial charge in [0.15, 0.2) is 5.82 Å². The van der Waals surface area contributed by atoms with Crippen molar-refractivity contribution in [1.82, 2.24) is 15.5 Å². The fraction of sp³-hybridized carbons (Fsp3) is 0.667. The van der Waals surface area contributed by atoms with Crippen molar-refractivity contribution in [3.05, 3.63) is 23.9 Å². The lowest BCUT2D eigenvalue weighted by Crippen LogP contribution is -2.25. The van der Waals surface area contributed by atoms with E-state index in [1.807, 2.05) is 6.92 Å². The molecule has 4 heteroatoms. The second-order valence-electron chi connectivity index (χ2n) is 4.90. The zero-order valence-electron chi connectivity index (χ0n) is 9.52. The molecule has 0 amide bonds. The molecule has 2 aliphatic rings. The SMILES string of the molecule is Cc1nc(CNCC2CC3C=CC2C3)no1. The molecule has 3 unspecified atom stereocenters. The van der Waals surface area contributed by atoms with Gasteiger partial charge in [0.2, 0.25) is 5.89 Å². The number of aromatic nitrogens is 2. The minimum atomic E-state index is 0.639. The van der Waals surface area contributed by atoms with Gasteiger partial charge in [-0.05, 0) is 37.1 Å². The van der Waals surface area contributed by atoms with Crippen molar-refractivity contribution < 1.29 is 4.52 Å². The van der Waals surface area contributed by atoms with E-state index in [1.165, 1.54) is 12.8 Å². The Balaban J connectivity index is 1.46. The molecule has 4 nitrogen and oxygen atoms in total. The van der Waals surface area contributed by atoms with E-state index in [4.69, 9.17) is 4.52 Å². The van der Waals surface area contributed by atoms with Crippen molar-refractivity contribution in [2.75, 3.05) is 6.54 Å². The molecule has 0 aromatic carbocycles. The second kappa shape index (κ2) is 4.01. The summed E-state index contributed by atoms with van der Waals surface area (Å²) in [6.45, 7) is 3.60. The quantitative estimate of drug-likeness (QED) is 0.783. The average molecular weight is 219 g/mol. The number of aryl methyl sites for hydroxylation is 1. The van der Waals surface area contributed by atoms with Crippen LogP contribution in [-0.4, -0.2) is 16.7 Å². The van der Waals surface area contributed by atoms with Crippen LogP contribution < -0.4 is 5.32 Å². The van der Waals surface area contributed by atoms with Crippen molar-refractivity contribution in [1.29, 1.82) is 0 Å². The Bertz CT molecular complexity index is 399. The summed E-state index contributed by atoms with van der Waals surface area (Å²) in [6.07, 6.45) is 7.48. The normalized spacial score (nSPS) is 31.4.